The lowest BCUT2D eigenvalue weighted by atomic mass is 10.1. The Morgan fingerprint density at radius 2 is 2.30 bits per heavy atom. The number of nitrogens with one attached hydrogen (secondary N) is 1. The summed E-state index contributed by atoms with van der Waals surface area (Å²) in [5.74, 6) is 0.0414. The van der Waals surface area contributed by atoms with E-state index in [1.54, 1.807) is 0 Å². The van der Waals surface area contributed by atoms with Crippen molar-refractivity contribution in [3.63, 3.8) is 0 Å². The van der Waals surface area contributed by atoms with Gasteiger partial charge in [-0.1, -0.05) is 0 Å². The molecule has 3 N–H and O–H groups in total. The fourth-order valence-corrected chi connectivity index (χ4v) is 0.942. The second kappa shape index (κ2) is 2.58. The molecule has 0 heterocycles. The quantitative estimate of drug-likeness (QED) is 0.576. The van der Waals surface area contributed by atoms with Gasteiger partial charge in [-0.2, -0.15) is 0 Å². The minimum Gasteiger partial charge on any atom is -0.356 e. The van der Waals surface area contributed by atoms with Crippen molar-refractivity contribution in [3.05, 3.63) is 0 Å². The molecule has 0 unspecified atom stereocenters. The minimum atomic E-state index is 0.0414. The molecule has 0 aliphatic heterocycles. The molecule has 1 saturated carbocycles. The monoisotopic (exact) mass is 142 g/mol. The van der Waals surface area contributed by atoms with Crippen molar-refractivity contribution in [3.8, 4) is 0 Å². The van der Waals surface area contributed by atoms with Crippen LogP contribution in [0.2, 0.25) is 0 Å². The van der Waals surface area contributed by atoms with E-state index in [9.17, 15) is 4.79 Å². The maximum absolute atomic E-state index is 10.5. The Kier molecular flexibility index (Phi) is 1.94. The first kappa shape index (κ1) is 7.54. The van der Waals surface area contributed by atoms with Crippen molar-refractivity contribution in [2.45, 2.75) is 19.8 Å². The third kappa shape index (κ3) is 1.70. The van der Waals surface area contributed by atoms with Crippen LogP contribution in [0.1, 0.15) is 19.8 Å². The van der Waals surface area contributed by atoms with Crippen LogP contribution in [0.3, 0.4) is 0 Å². The molecule has 1 amide bonds. The van der Waals surface area contributed by atoms with Gasteiger partial charge in [0.2, 0.25) is 5.91 Å². The number of hydrogen-bond acceptors (Lipinski definition) is 2. The van der Waals surface area contributed by atoms with E-state index in [0.717, 1.165) is 6.54 Å². The van der Waals surface area contributed by atoms with E-state index in [2.05, 4.69) is 5.32 Å². The molecule has 3 nitrogen and oxygen atoms in total. The molecule has 0 aromatic heterocycles. The Labute approximate surface area is 61.0 Å². The standard InChI is InChI=1S/C7H14N2O/c1-6(10)9-5-7(4-8)2-3-7/h2-5,8H2,1H3,(H,9,10). The van der Waals surface area contributed by atoms with Gasteiger partial charge in [-0.25, -0.2) is 0 Å². The summed E-state index contributed by atoms with van der Waals surface area (Å²) in [6, 6.07) is 0. The number of hydrogen-bond donors (Lipinski definition) is 2. The van der Waals surface area contributed by atoms with Crippen molar-refractivity contribution in [2.75, 3.05) is 13.1 Å². The first-order valence-electron chi connectivity index (χ1n) is 3.63. The summed E-state index contributed by atoms with van der Waals surface area (Å²) in [5, 5.41) is 2.78. The summed E-state index contributed by atoms with van der Waals surface area (Å²) in [6.07, 6.45) is 2.34. The second-order valence-electron chi connectivity index (χ2n) is 3.11. The van der Waals surface area contributed by atoms with Crippen molar-refractivity contribution >= 4 is 5.91 Å². The second-order valence-corrected chi connectivity index (χ2v) is 3.11. The average Bonchev–Trinajstić information content (AvgIpc) is 2.64. The van der Waals surface area contributed by atoms with Gasteiger partial charge in [0.1, 0.15) is 0 Å². The highest BCUT2D eigenvalue weighted by Gasteiger charge is 2.40. The highest BCUT2D eigenvalue weighted by Crippen LogP contribution is 2.43. The van der Waals surface area contributed by atoms with Gasteiger partial charge >= 0.3 is 0 Å². The van der Waals surface area contributed by atoms with Gasteiger partial charge in [0.25, 0.3) is 0 Å². The Morgan fingerprint density at radius 3 is 2.60 bits per heavy atom. The van der Waals surface area contributed by atoms with Crippen LogP contribution in [-0.4, -0.2) is 19.0 Å². The van der Waals surface area contributed by atoms with Crippen LogP contribution in [0.25, 0.3) is 0 Å². The molecule has 3 heteroatoms. The number of nitrogens with two attached hydrogens (primary N) is 1. The smallest absolute Gasteiger partial charge is 0.216 e. The highest BCUT2D eigenvalue weighted by atomic mass is 16.1. The highest BCUT2D eigenvalue weighted by molar-refractivity contribution is 5.72. The molecule has 1 rings (SSSR count). The Hall–Kier alpha value is -0.570. The number of carbonyl (C=O) groups excluding carboxylic acids is 1. The maximum Gasteiger partial charge on any atom is 0.216 e. The Morgan fingerprint density at radius 1 is 1.70 bits per heavy atom. The third-order valence-corrected chi connectivity index (χ3v) is 2.10. The van der Waals surface area contributed by atoms with E-state index < -0.39 is 0 Å². The fourth-order valence-electron chi connectivity index (χ4n) is 0.942. The van der Waals surface area contributed by atoms with Gasteiger partial charge in [0.05, 0.1) is 0 Å². The van der Waals surface area contributed by atoms with Gasteiger partial charge in [0.15, 0.2) is 0 Å². The molecule has 0 aromatic rings. The van der Waals surface area contributed by atoms with Gasteiger partial charge in [-0.15, -0.1) is 0 Å². The maximum atomic E-state index is 10.5. The lowest BCUT2D eigenvalue weighted by Crippen LogP contribution is -2.32. The molecule has 1 aliphatic rings. The SMILES string of the molecule is CC(=O)NCC1(CN)CC1. The van der Waals surface area contributed by atoms with Crippen molar-refractivity contribution in [1.29, 1.82) is 0 Å². The van der Waals surface area contributed by atoms with Crippen molar-refractivity contribution in [2.24, 2.45) is 11.1 Å². The Bertz CT molecular complexity index is 141. The summed E-state index contributed by atoms with van der Waals surface area (Å²) in [5.41, 5.74) is 5.77. The van der Waals surface area contributed by atoms with E-state index in [0.29, 0.717) is 6.54 Å². The predicted molar refractivity (Wildman–Crippen MR) is 39.4 cm³/mol. The summed E-state index contributed by atoms with van der Waals surface area (Å²) in [7, 11) is 0. The average molecular weight is 142 g/mol. The molecule has 10 heavy (non-hydrogen) atoms. The topological polar surface area (TPSA) is 55.1 Å². The van der Waals surface area contributed by atoms with E-state index in [1.165, 1.54) is 19.8 Å². The van der Waals surface area contributed by atoms with Gasteiger partial charge in [0, 0.05) is 13.5 Å². The van der Waals surface area contributed by atoms with Crippen LogP contribution >= 0.6 is 0 Å². The van der Waals surface area contributed by atoms with Crippen LogP contribution in [0, 0.1) is 5.41 Å². The van der Waals surface area contributed by atoms with Crippen LogP contribution in [-0.2, 0) is 4.79 Å². The first-order chi connectivity index (χ1) is 4.68. The van der Waals surface area contributed by atoms with Crippen LogP contribution < -0.4 is 11.1 Å². The van der Waals surface area contributed by atoms with E-state index in [1.807, 2.05) is 0 Å². The molecule has 0 spiro atoms. The van der Waals surface area contributed by atoms with E-state index in [4.69, 9.17) is 5.73 Å². The minimum absolute atomic E-state index is 0.0414. The van der Waals surface area contributed by atoms with E-state index in [-0.39, 0.29) is 11.3 Å². The molecule has 58 valence electrons. The van der Waals surface area contributed by atoms with Crippen molar-refractivity contribution < 1.29 is 4.79 Å². The molecule has 0 bridgehead atoms. The first-order valence-corrected chi connectivity index (χ1v) is 3.63. The summed E-state index contributed by atoms with van der Waals surface area (Å²) in [4.78, 5) is 10.5. The van der Waals surface area contributed by atoms with Crippen LogP contribution in [0.4, 0.5) is 0 Å². The summed E-state index contributed by atoms with van der Waals surface area (Å²) >= 11 is 0. The molecule has 1 aliphatic carbocycles. The molecule has 0 radical (unpaired) electrons. The molecular weight excluding hydrogens is 128 g/mol. The summed E-state index contributed by atoms with van der Waals surface area (Å²) < 4.78 is 0. The molecule has 0 aromatic carbocycles. The zero-order chi connectivity index (χ0) is 7.61. The zero-order valence-electron chi connectivity index (χ0n) is 6.31. The molecular formula is C7H14N2O. The van der Waals surface area contributed by atoms with Crippen molar-refractivity contribution in [1.82, 2.24) is 5.32 Å². The van der Waals surface area contributed by atoms with Crippen LogP contribution in [0.15, 0.2) is 0 Å². The van der Waals surface area contributed by atoms with Gasteiger partial charge in [-0.05, 0) is 24.8 Å². The molecule has 1 fully saturated rings. The van der Waals surface area contributed by atoms with E-state index >= 15 is 0 Å². The van der Waals surface area contributed by atoms with Gasteiger partial charge in [-0.3, -0.25) is 4.79 Å². The number of carbonyl (C=O) groups is 1. The third-order valence-electron chi connectivity index (χ3n) is 2.10. The zero-order valence-corrected chi connectivity index (χ0v) is 6.31. The molecule has 0 atom stereocenters. The number of rotatable bonds is 3. The van der Waals surface area contributed by atoms with Crippen LogP contribution in [0.5, 0.6) is 0 Å². The fraction of sp³-hybridized carbons (Fsp3) is 0.857. The Balaban J connectivity index is 2.19. The lowest BCUT2D eigenvalue weighted by molar-refractivity contribution is -0.119. The molecule has 0 saturated heterocycles. The normalized spacial score (nSPS) is 20.2. The summed E-state index contributed by atoms with van der Waals surface area (Å²) in [6.45, 7) is 3.00. The largest absolute Gasteiger partial charge is 0.356 e. The lowest BCUT2D eigenvalue weighted by Gasteiger charge is -2.11. The number of amides is 1. The van der Waals surface area contributed by atoms with Gasteiger partial charge < -0.3 is 11.1 Å². The predicted octanol–water partition coefficient (Wildman–Crippen LogP) is -0.139.